The van der Waals surface area contributed by atoms with E-state index in [0.717, 1.165) is 11.3 Å². The molecule has 4 heteroatoms. The zero-order valence-electron chi connectivity index (χ0n) is 10.5. The van der Waals surface area contributed by atoms with Gasteiger partial charge in [-0.15, -0.1) is 0 Å². The zero-order chi connectivity index (χ0) is 13.8. The van der Waals surface area contributed by atoms with Crippen LogP contribution in [0.3, 0.4) is 0 Å². The molecule has 2 aromatic carbocycles. The van der Waals surface area contributed by atoms with Gasteiger partial charge in [-0.05, 0) is 48.4 Å². The van der Waals surface area contributed by atoms with Crippen LogP contribution < -0.4 is 5.32 Å². The maximum absolute atomic E-state index is 12.9. The van der Waals surface area contributed by atoms with Gasteiger partial charge < -0.3 is 10.4 Å². The Labute approximate surface area is 110 Å². The Morgan fingerprint density at radius 2 is 1.68 bits per heavy atom. The van der Waals surface area contributed by atoms with Crippen molar-refractivity contribution in [3.05, 3.63) is 65.2 Å². The predicted molar refractivity (Wildman–Crippen MR) is 71.0 cm³/mol. The molecule has 100 valence electrons. The number of halogens is 2. The van der Waals surface area contributed by atoms with Crippen molar-refractivity contribution in [2.75, 3.05) is 11.9 Å². The summed E-state index contributed by atoms with van der Waals surface area (Å²) in [6.45, 7) is 2.06. The highest BCUT2D eigenvalue weighted by atomic mass is 19.1. The Bertz CT molecular complexity index is 555. The van der Waals surface area contributed by atoms with Crippen molar-refractivity contribution >= 4 is 5.69 Å². The summed E-state index contributed by atoms with van der Waals surface area (Å²) in [7, 11) is 0. The summed E-state index contributed by atoms with van der Waals surface area (Å²) in [4.78, 5) is 0. The molecule has 0 aromatic heterocycles. The summed E-state index contributed by atoms with van der Waals surface area (Å²) >= 11 is 0. The average Bonchev–Trinajstić information content (AvgIpc) is 2.38. The van der Waals surface area contributed by atoms with Gasteiger partial charge in [-0.1, -0.05) is 12.1 Å². The van der Waals surface area contributed by atoms with E-state index in [9.17, 15) is 13.9 Å². The first-order valence-corrected chi connectivity index (χ1v) is 6.00. The van der Waals surface area contributed by atoms with Gasteiger partial charge in [0, 0.05) is 12.2 Å². The Balaban J connectivity index is 2.00. The number of hydrogen-bond donors (Lipinski definition) is 2. The topological polar surface area (TPSA) is 32.3 Å². The second-order valence-electron chi connectivity index (χ2n) is 4.41. The SMILES string of the molecule is Cc1cc(F)ccc1NCC(O)c1ccc(F)cc1. The third-order valence-electron chi connectivity index (χ3n) is 2.93. The zero-order valence-corrected chi connectivity index (χ0v) is 10.5. The van der Waals surface area contributed by atoms with E-state index >= 15 is 0 Å². The first kappa shape index (κ1) is 13.5. The van der Waals surface area contributed by atoms with E-state index in [-0.39, 0.29) is 18.2 Å². The van der Waals surface area contributed by atoms with Crippen LogP contribution in [-0.4, -0.2) is 11.7 Å². The molecular formula is C15H15F2NO. The van der Waals surface area contributed by atoms with Crippen LogP contribution in [0.1, 0.15) is 17.2 Å². The van der Waals surface area contributed by atoms with Crippen LogP contribution in [0, 0.1) is 18.6 Å². The second-order valence-corrected chi connectivity index (χ2v) is 4.41. The highest BCUT2D eigenvalue weighted by molar-refractivity contribution is 5.50. The lowest BCUT2D eigenvalue weighted by Crippen LogP contribution is -2.12. The first-order valence-electron chi connectivity index (χ1n) is 6.00. The number of hydrogen-bond acceptors (Lipinski definition) is 2. The van der Waals surface area contributed by atoms with E-state index in [2.05, 4.69) is 5.32 Å². The molecule has 0 amide bonds. The predicted octanol–water partition coefficient (Wildman–Crippen LogP) is 3.42. The molecule has 0 saturated heterocycles. The summed E-state index contributed by atoms with van der Waals surface area (Å²) in [5, 5.41) is 13.0. The molecular weight excluding hydrogens is 248 g/mol. The Hall–Kier alpha value is -1.94. The van der Waals surface area contributed by atoms with E-state index in [0.29, 0.717) is 5.56 Å². The van der Waals surface area contributed by atoms with E-state index in [1.807, 2.05) is 0 Å². The Morgan fingerprint density at radius 1 is 1.05 bits per heavy atom. The van der Waals surface area contributed by atoms with Crippen LogP contribution in [0.2, 0.25) is 0 Å². The van der Waals surface area contributed by atoms with Crippen LogP contribution in [0.15, 0.2) is 42.5 Å². The number of benzene rings is 2. The Kier molecular flexibility index (Phi) is 4.12. The molecule has 0 spiro atoms. The van der Waals surface area contributed by atoms with Crippen molar-refractivity contribution in [3.8, 4) is 0 Å². The van der Waals surface area contributed by atoms with Gasteiger partial charge in [-0.2, -0.15) is 0 Å². The standard InChI is InChI=1S/C15H15F2NO/c1-10-8-13(17)6-7-14(10)18-9-15(19)11-2-4-12(16)5-3-11/h2-8,15,18-19H,9H2,1H3. The molecule has 1 atom stereocenters. The van der Waals surface area contributed by atoms with E-state index in [1.165, 1.54) is 24.3 Å². The third kappa shape index (κ3) is 3.51. The van der Waals surface area contributed by atoms with Gasteiger partial charge in [-0.3, -0.25) is 0 Å². The quantitative estimate of drug-likeness (QED) is 0.886. The van der Waals surface area contributed by atoms with Crippen LogP contribution in [0.5, 0.6) is 0 Å². The molecule has 1 unspecified atom stereocenters. The number of aliphatic hydroxyl groups excluding tert-OH is 1. The highest BCUT2D eigenvalue weighted by Crippen LogP contribution is 2.18. The van der Waals surface area contributed by atoms with Gasteiger partial charge in [0.05, 0.1) is 6.10 Å². The summed E-state index contributed by atoms with van der Waals surface area (Å²) in [5.74, 6) is -0.625. The molecule has 19 heavy (non-hydrogen) atoms. The summed E-state index contributed by atoms with van der Waals surface area (Å²) in [5.41, 5.74) is 2.17. The maximum atomic E-state index is 12.9. The van der Waals surface area contributed by atoms with Crippen molar-refractivity contribution < 1.29 is 13.9 Å². The fraction of sp³-hybridized carbons (Fsp3) is 0.200. The molecule has 0 aliphatic rings. The fourth-order valence-electron chi connectivity index (χ4n) is 1.83. The minimum atomic E-state index is -0.745. The van der Waals surface area contributed by atoms with Gasteiger partial charge in [0.2, 0.25) is 0 Å². The normalized spacial score (nSPS) is 12.2. The van der Waals surface area contributed by atoms with E-state index in [4.69, 9.17) is 0 Å². The molecule has 0 saturated carbocycles. The molecule has 2 nitrogen and oxygen atoms in total. The maximum Gasteiger partial charge on any atom is 0.123 e. The summed E-state index contributed by atoms with van der Waals surface area (Å²) in [6.07, 6.45) is -0.745. The molecule has 0 aliphatic carbocycles. The number of rotatable bonds is 4. The van der Waals surface area contributed by atoms with Gasteiger partial charge >= 0.3 is 0 Å². The minimum absolute atomic E-state index is 0.276. The minimum Gasteiger partial charge on any atom is -0.387 e. The number of aliphatic hydroxyl groups is 1. The number of aryl methyl sites for hydroxylation is 1. The van der Waals surface area contributed by atoms with Gasteiger partial charge in [0.1, 0.15) is 11.6 Å². The number of nitrogens with one attached hydrogen (secondary N) is 1. The van der Waals surface area contributed by atoms with Gasteiger partial charge in [-0.25, -0.2) is 8.78 Å². The average molecular weight is 263 g/mol. The lowest BCUT2D eigenvalue weighted by Gasteiger charge is -2.14. The third-order valence-corrected chi connectivity index (χ3v) is 2.93. The molecule has 2 rings (SSSR count). The van der Waals surface area contributed by atoms with E-state index < -0.39 is 6.10 Å². The monoisotopic (exact) mass is 263 g/mol. The second kappa shape index (κ2) is 5.80. The molecule has 0 fully saturated rings. The number of anilines is 1. The van der Waals surface area contributed by atoms with Gasteiger partial charge in [0.15, 0.2) is 0 Å². The van der Waals surface area contributed by atoms with Crippen LogP contribution in [0.4, 0.5) is 14.5 Å². The lowest BCUT2D eigenvalue weighted by molar-refractivity contribution is 0.191. The lowest BCUT2D eigenvalue weighted by atomic mass is 10.1. The fourth-order valence-corrected chi connectivity index (χ4v) is 1.83. The molecule has 0 radical (unpaired) electrons. The first-order chi connectivity index (χ1) is 9.06. The van der Waals surface area contributed by atoms with Crippen LogP contribution >= 0.6 is 0 Å². The molecule has 0 bridgehead atoms. The van der Waals surface area contributed by atoms with Crippen molar-refractivity contribution in [3.63, 3.8) is 0 Å². The molecule has 0 heterocycles. The van der Waals surface area contributed by atoms with Crippen LogP contribution in [-0.2, 0) is 0 Å². The molecule has 0 aliphatic heterocycles. The van der Waals surface area contributed by atoms with E-state index in [1.54, 1.807) is 25.1 Å². The summed E-state index contributed by atoms with van der Waals surface area (Å²) in [6, 6.07) is 10.1. The molecule has 2 aromatic rings. The van der Waals surface area contributed by atoms with Crippen molar-refractivity contribution in [1.29, 1.82) is 0 Å². The van der Waals surface area contributed by atoms with Crippen molar-refractivity contribution in [1.82, 2.24) is 0 Å². The smallest absolute Gasteiger partial charge is 0.123 e. The molecule has 2 N–H and O–H groups in total. The van der Waals surface area contributed by atoms with Crippen molar-refractivity contribution in [2.24, 2.45) is 0 Å². The Morgan fingerprint density at radius 3 is 2.32 bits per heavy atom. The van der Waals surface area contributed by atoms with Gasteiger partial charge in [0.25, 0.3) is 0 Å². The summed E-state index contributed by atoms with van der Waals surface area (Å²) < 4.78 is 25.7. The largest absolute Gasteiger partial charge is 0.387 e. The van der Waals surface area contributed by atoms with Crippen LogP contribution in [0.25, 0.3) is 0 Å². The van der Waals surface area contributed by atoms with Crippen molar-refractivity contribution in [2.45, 2.75) is 13.0 Å². The highest BCUT2D eigenvalue weighted by Gasteiger charge is 2.08.